The third-order valence-electron chi connectivity index (χ3n) is 3.32. The van der Waals surface area contributed by atoms with Crippen molar-refractivity contribution in [2.45, 2.75) is 32.9 Å². The second-order valence-corrected chi connectivity index (χ2v) is 5.00. The van der Waals surface area contributed by atoms with E-state index in [1.54, 1.807) is 10.9 Å². The van der Waals surface area contributed by atoms with Gasteiger partial charge in [-0.2, -0.15) is 5.10 Å². The molecule has 0 aromatic carbocycles. The number of hydrogen-bond donors (Lipinski definition) is 1. The Labute approximate surface area is 111 Å². The molecular formula is C13H19FN4O. The molecule has 2 heterocycles. The fraction of sp³-hybridized carbons (Fsp3) is 0.538. The highest BCUT2D eigenvalue weighted by Gasteiger charge is 2.28. The molecule has 2 rings (SSSR count). The first-order chi connectivity index (χ1) is 9.06. The Morgan fingerprint density at radius 3 is 2.95 bits per heavy atom. The first kappa shape index (κ1) is 13.7. The molecule has 0 fully saturated rings. The Morgan fingerprint density at radius 2 is 2.37 bits per heavy atom. The van der Waals surface area contributed by atoms with Crippen molar-refractivity contribution >= 4 is 5.91 Å². The summed E-state index contributed by atoms with van der Waals surface area (Å²) in [7, 11) is 0. The van der Waals surface area contributed by atoms with Crippen LogP contribution >= 0.6 is 0 Å². The van der Waals surface area contributed by atoms with Crippen LogP contribution in [0.25, 0.3) is 0 Å². The fourth-order valence-corrected chi connectivity index (χ4v) is 2.23. The Hall–Kier alpha value is -1.69. The van der Waals surface area contributed by atoms with Gasteiger partial charge in [-0.15, -0.1) is 0 Å². The third kappa shape index (κ3) is 2.68. The Morgan fingerprint density at radius 1 is 1.63 bits per heavy atom. The van der Waals surface area contributed by atoms with Crippen molar-refractivity contribution < 1.29 is 9.18 Å². The standard InChI is InChI=1S/C13H19FN4O/c1-9(2)18-4-3-12-11(13(18)19)8-17(16-12)7-10(5-14)6-15/h5,8-9H,3-4,6-7,15H2,1-2H3. The highest BCUT2D eigenvalue weighted by molar-refractivity contribution is 5.96. The van der Waals surface area contributed by atoms with Gasteiger partial charge < -0.3 is 10.6 Å². The largest absolute Gasteiger partial charge is 0.336 e. The zero-order valence-corrected chi connectivity index (χ0v) is 11.3. The Balaban J connectivity index is 2.22. The predicted molar refractivity (Wildman–Crippen MR) is 70.3 cm³/mol. The number of nitrogens with zero attached hydrogens (tertiary/aromatic N) is 3. The van der Waals surface area contributed by atoms with Gasteiger partial charge in [-0.05, 0) is 19.4 Å². The summed E-state index contributed by atoms with van der Waals surface area (Å²) in [6, 6.07) is 0.175. The van der Waals surface area contributed by atoms with Crippen molar-refractivity contribution in [3.05, 3.63) is 29.4 Å². The number of carbonyl (C=O) groups is 1. The van der Waals surface area contributed by atoms with Gasteiger partial charge in [0.1, 0.15) is 0 Å². The molecule has 0 aliphatic carbocycles. The number of nitrogens with two attached hydrogens (primary N) is 1. The number of aromatic nitrogens is 2. The lowest BCUT2D eigenvalue weighted by molar-refractivity contribution is 0.0688. The molecule has 0 saturated heterocycles. The summed E-state index contributed by atoms with van der Waals surface area (Å²) in [4.78, 5) is 14.1. The molecule has 1 aliphatic rings. The minimum atomic E-state index is 0.000950. The zero-order valence-electron chi connectivity index (χ0n) is 11.3. The molecule has 19 heavy (non-hydrogen) atoms. The minimum Gasteiger partial charge on any atom is -0.336 e. The number of halogens is 1. The van der Waals surface area contributed by atoms with E-state index in [1.165, 1.54) is 0 Å². The second-order valence-electron chi connectivity index (χ2n) is 5.00. The van der Waals surface area contributed by atoms with Gasteiger partial charge in [-0.1, -0.05) is 0 Å². The maximum absolute atomic E-state index is 12.5. The van der Waals surface area contributed by atoms with Gasteiger partial charge >= 0.3 is 0 Å². The van der Waals surface area contributed by atoms with Crippen molar-refractivity contribution in [2.24, 2.45) is 5.73 Å². The molecule has 1 aromatic rings. The topological polar surface area (TPSA) is 64.2 Å². The minimum absolute atomic E-state index is 0.000950. The summed E-state index contributed by atoms with van der Waals surface area (Å²) in [5.74, 6) is 0.000950. The predicted octanol–water partition coefficient (Wildman–Crippen LogP) is 1.10. The number of rotatable bonds is 4. The highest BCUT2D eigenvalue weighted by Crippen LogP contribution is 2.19. The Kier molecular flexibility index (Phi) is 3.99. The lowest BCUT2D eigenvalue weighted by Crippen LogP contribution is -2.41. The van der Waals surface area contributed by atoms with E-state index < -0.39 is 0 Å². The molecule has 0 radical (unpaired) electrons. The van der Waals surface area contributed by atoms with Gasteiger partial charge in [0.25, 0.3) is 5.91 Å². The van der Waals surface area contributed by atoms with Crippen molar-refractivity contribution in [3.8, 4) is 0 Å². The summed E-state index contributed by atoms with van der Waals surface area (Å²) >= 11 is 0. The SMILES string of the molecule is CC(C)N1CCc2nn(CC(=CF)CN)cc2C1=O. The molecule has 2 N–H and O–H groups in total. The van der Waals surface area contributed by atoms with Crippen LogP contribution in [-0.2, 0) is 13.0 Å². The summed E-state index contributed by atoms with van der Waals surface area (Å²) in [6.45, 7) is 5.10. The first-order valence-electron chi connectivity index (χ1n) is 6.42. The van der Waals surface area contributed by atoms with Gasteiger partial charge in [-0.25, -0.2) is 4.39 Å². The van der Waals surface area contributed by atoms with Crippen LogP contribution in [0.5, 0.6) is 0 Å². The van der Waals surface area contributed by atoms with Gasteiger partial charge in [0, 0.05) is 31.7 Å². The van der Waals surface area contributed by atoms with Gasteiger partial charge in [0.2, 0.25) is 0 Å². The van der Waals surface area contributed by atoms with Crippen LogP contribution in [0.1, 0.15) is 29.9 Å². The summed E-state index contributed by atoms with van der Waals surface area (Å²) in [6.07, 6.45) is 2.93. The van der Waals surface area contributed by atoms with Crippen LogP contribution in [0.15, 0.2) is 18.1 Å². The molecule has 0 spiro atoms. The van der Waals surface area contributed by atoms with Crippen LogP contribution in [-0.4, -0.2) is 39.7 Å². The van der Waals surface area contributed by atoms with Crippen LogP contribution in [0, 0.1) is 0 Å². The van der Waals surface area contributed by atoms with E-state index in [0.717, 1.165) is 12.1 Å². The van der Waals surface area contributed by atoms with Crippen molar-refractivity contribution in [2.75, 3.05) is 13.1 Å². The lowest BCUT2D eigenvalue weighted by atomic mass is 10.1. The second kappa shape index (κ2) is 5.52. The van der Waals surface area contributed by atoms with Crippen LogP contribution in [0.3, 0.4) is 0 Å². The van der Waals surface area contributed by atoms with E-state index >= 15 is 0 Å². The molecule has 1 aromatic heterocycles. The van der Waals surface area contributed by atoms with Crippen LogP contribution in [0.2, 0.25) is 0 Å². The van der Waals surface area contributed by atoms with Crippen molar-refractivity contribution in [1.29, 1.82) is 0 Å². The number of hydrogen-bond acceptors (Lipinski definition) is 3. The quantitative estimate of drug-likeness (QED) is 0.887. The van der Waals surface area contributed by atoms with E-state index in [1.807, 2.05) is 18.7 Å². The molecule has 0 bridgehead atoms. The molecular weight excluding hydrogens is 247 g/mol. The monoisotopic (exact) mass is 266 g/mol. The summed E-state index contributed by atoms with van der Waals surface area (Å²) in [5.41, 5.74) is 7.28. The molecule has 0 atom stereocenters. The lowest BCUT2D eigenvalue weighted by Gasteiger charge is -2.29. The van der Waals surface area contributed by atoms with Gasteiger partial charge in [-0.3, -0.25) is 9.48 Å². The van der Waals surface area contributed by atoms with Crippen LogP contribution < -0.4 is 5.73 Å². The summed E-state index contributed by atoms with van der Waals surface area (Å²) in [5, 5.41) is 4.34. The summed E-state index contributed by atoms with van der Waals surface area (Å²) < 4.78 is 14.1. The maximum Gasteiger partial charge on any atom is 0.257 e. The maximum atomic E-state index is 12.5. The van der Waals surface area contributed by atoms with E-state index in [9.17, 15) is 9.18 Å². The Bertz CT molecular complexity index is 507. The van der Waals surface area contributed by atoms with Gasteiger partial charge in [0.05, 0.1) is 24.1 Å². The zero-order chi connectivity index (χ0) is 14.0. The van der Waals surface area contributed by atoms with E-state index in [-0.39, 0.29) is 25.0 Å². The smallest absolute Gasteiger partial charge is 0.257 e. The van der Waals surface area contributed by atoms with E-state index in [2.05, 4.69) is 5.10 Å². The van der Waals surface area contributed by atoms with Gasteiger partial charge in [0.15, 0.2) is 0 Å². The van der Waals surface area contributed by atoms with E-state index in [0.29, 0.717) is 24.0 Å². The molecule has 5 nitrogen and oxygen atoms in total. The van der Waals surface area contributed by atoms with Crippen molar-refractivity contribution in [1.82, 2.24) is 14.7 Å². The molecule has 104 valence electrons. The normalized spacial score (nSPS) is 16.2. The molecule has 6 heteroatoms. The highest BCUT2D eigenvalue weighted by atomic mass is 19.1. The number of carbonyl (C=O) groups excluding carboxylic acids is 1. The average Bonchev–Trinajstić information content (AvgIpc) is 2.79. The number of fused-ring (bicyclic) bond motifs is 1. The van der Waals surface area contributed by atoms with E-state index in [4.69, 9.17) is 5.73 Å². The molecule has 0 unspecified atom stereocenters. The molecule has 1 aliphatic heterocycles. The van der Waals surface area contributed by atoms with Crippen LogP contribution in [0.4, 0.5) is 4.39 Å². The fourth-order valence-electron chi connectivity index (χ4n) is 2.23. The molecule has 0 saturated carbocycles. The van der Waals surface area contributed by atoms with Crippen molar-refractivity contribution in [3.63, 3.8) is 0 Å². The first-order valence-corrected chi connectivity index (χ1v) is 6.42. The average molecular weight is 266 g/mol. The number of amides is 1. The third-order valence-corrected chi connectivity index (χ3v) is 3.32. The molecule has 1 amide bonds.